The highest BCUT2D eigenvalue weighted by molar-refractivity contribution is 9.10. The molecule has 1 heterocycles. The van der Waals surface area contributed by atoms with Crippen molar-refractivity contribution in [3.8, 4) is 0 Å². The van der Waals surface area contributed by atoms with E-state index in [0.717, 1.165) is 10.4 Å². The van der Waals surface area contributed by atoms with Crippen molar-refractivity contribution in [1.82, 2.24) is 4.31 Å². The number of rotatable bonds is 3. The second-order valence-corrected chi connectivity index (χ2v) is 7.11. The second-order valence-electron chi connectivity index (χ2n) is 4.32. The minimum atomic E-state index is -3.89. The first kappa shape index (κ1) is 16.3. The van der Waals surface area contributed by atoms with E-state index in [1.807, 2.05) is 0 Å². The summed E-state index contributed by atoms with van der Waals surface area (Å²) >= 11 is 2.97. The van der Waals surface area contributed by atoms with Crippen molar-refractivity contribution in [2.75, 3.05) is 26.8 Å². The van der Waals surface area contributed by atoms with E-state index in [1.54, 1.807) is 0 Å². The Morgan fingerprint density at radius 2 is 2.24 bits per heavy atom. The Hall–Kier alpha value is -1.03. The number of hydrogen-bond acceptors (Lipinski definition) is 5. The number of halogens is 2. The molecule has 1 aliphatic heterocycles. The zero-order chi connectivity index (χ0) is 15.6. The summed E-state index contributed by atoms with van der Waals surface area (Å²) in [7, 11) is -2.69. The van der Waals surface area contributed by atoms with Gasteiger partial charge in [-0.25, -0.2) is 17.6 Å². The molecule has 6 nitrogen and oxygen atoms in total. The maximum Gasteiger partial charge on any atom is 0.336 e. The summed E-state index contributed by atoms with van der Waals surface area (Å²) in [6, 6.07) is 3.55. The Morgan fingerprint density at radius 1 is 1.52 bits per heavy atom. The number of methoxy groups -OCH3 is 1. The van der Waals surface area contributed by atoms with Crippen LogP contribution in [0.4, 0.5) is 4.39 Å². The van der Waals surface area contributed by atoms with Gasteiger partial charge in [-0.05, 0) is 34.1 Å². The predicted octanol–water partition coefficient (Wildman–Crippen LogP) is 1.15. The molecule has 1 saturated heterocycles. The minimum Gasteiger partial charge on any atom is -0.467 e. The number of hydrogen-bond donors (Lipinski definition) is 0. The number of ether oxygens (including phenoxy) is 2. The number of esters is 1. The third kappa shape index (κ3) is 3.42. The molecule has 0 amide bonds. The molecule has 116 valence electrons. The zero-order valence-corrected chi connectivity index (χ0v) is 13.5. The van der Waals surface area contributed by atoms with Gasteiger partial charge in [0.05, 0.1) is 29.6 Å². The number of sulfonamides is 1. The molecule has 9 heteroatoms. The lowest BCUT2D eigenvalue weighted by molar-refractivity contribution is -0.157. The first-order valence-electron chi connectivity index (χ1n) is 6.01. The van der Waals surface area contributed by atoms with Crippen LogP contribution in [0.2, 0.25) is 0 Å². The van der Waals surface area contributed by atoms with Gasteiger partial charge in [0, 0.05) is 6.54 Å². The molecular weight excluding hydrogens is 369 g/mol. The summed E-state index contributed by atoms with van der Waals surface area (Å²) in [6.07, 6.45) is -0.973. The van der Waals surface area contributed by atoms with Crippen molar-refractivity contribution < 1.29 is 27.1 Å². The van der Waals surface area contributed by atoms with Gasteiger partial charge in [-0.1, -0.05) is 0 Å². The van der Waals surface area contributed by atoms with Crippen LogP contribution in [0.15, 0.2) is 27.6 Å². The number of nitrogens with zero attached hydrogens (tertiary/aromatic N) is 1. The maximum absolute atomic E-state index is 13.5. The minimum absolute atomic E-state index is 0.0675. The van der Waals surface area contributed by atoms with Crippen molar-refractivity contribution >= 4 is 31.9 Å². The standard InChI is InChI=1S/C12H13BrFNO5S/c1-19-12(16)11-7-15(4-5-20-11)21(17,18)8-2-3-9(13)10(14)6-8/h2-3,6,11H,4-5,7H2,1H3. The summed E-state index contributed by atoms with van der Waals surface area (Å²) < 4.78 is 49.4. The van der Waals surface area contributed by atoms with E-state index in [2.05, 4.69) is 20.7 Å². The van der Waals surface area contributed by atoms with E-state index in [1.165, 1.54) is 19.2 Å². The highest BCUT2D eigenvalue weighted by atomic mass is 79.9. The van der Waals surface area contributed by atoms with Gasteiger partial charge in [0.25, 0.3) is 0 Å². The van der Waals surface area contributed by atoms with Crippen LogP contribution in [0.25, 0.3) is 0 Å². The highest BCUT2D eigenvalue weighted by Crippen LogP contribution is 2.23. The van der Waals surface area contributed by atoms with Gasteiger partial charge in [0.2, 0.25) is 10.0 Å². The van der Waals surface area contributed by atoms with Gasteiger partial charge < -0.3 is 9.47 Å². The third-order valence-corrected chi connectivity index (χ3v) is 5.53. The van der Waals surface area contributed by atoms with E-state index < -0.39 is 27.9 Å². The zero-order valence-electron chi connectivity index (χ0n) is 11.1. The Bertz CT molecular complexity index is 651. The molecule has 0 bridgehead atoms. The fraction of sp³-hybridized carbons (Fsp3) is 0.417. The van der Waals surface area contributed by atoms with E-state index in [-0.39, 0.29) is 29.1 Å². The van der Waals surface area contributed by atoms with Crippen molar-refractivity contribution in [2.45, 2.75) is 11.0 Å². The predicted molar refractivity (Wildman–Crippen MR) is 74.6 cm³/mol. The molecular formula is C12H13BrFNO5S. The van der Waals surface area contributed by atoms with Gasteiger partial charge in [0.15, 0.2) is 6.10 Å². The van der Waals surface area contributed by atoms with Crippen molar-refractivity contribution in [3.63, 3.8) is 0 Å². The van der Waals surface area contributed by atoms with Gasteiger partial charge >= 0.3 is 5.97 Å². The summed E-state index contributed by atoms with van der Waals surface area (Å²) in [5.74, 6) is -1.31. The van der Waals surface area contributed by atoms with E-state index in [0.29, 0.717) is 0 Å². The molecule has 1 fully saturated rings. The lowest BCUT2D eigenvalue weighted by atomic mass is 10.3. The van der Waals surface area contributed by atoms with Gasteiger partial charge in [-0.15, -0.1) is 0 Å². The Kier molecular flexibility index (Phi) is 4.97. The summed E-state index contributed by atoms with van der Waals surface area (Å²) in [5.41, 5.74) is 0. The van der Waals surface area contributed by atoms with Crippen LogP contribution in [0.1, 0.15) is 0 Å². The number of morpholine rings is 1. The first-order chi connectivity index (χ1) is 9.86. The fourth-order valence-electron chi connectivity index (χ4n) is 1.90. The third-order valence-electron chi connectivity index (χ3n) is 3.02. The topological polar surface area (TPSA) is 72.9 Å². The second kappa shape index (κ2) is 6.39. The number of carbonyl (C=O) groups is 1. The SMILES string of the molecule is COC(=O)C1CN(S(=O)(=O)c2ccc(Br)c(F)c2)CCO1. The Morgan fingerprint density at radius 3 is 2.86 bits per heavy atom. The van der Waals surface area contributed by atoms with Crippen molar-refractivity contribution in [3.05, 3.63) is 28.5 Å². The molecule has 2 rings (SSSR count). The quantitative estimate of drug-likeness (QED) is 0.734. The number of carbonyl (C=O) groups excluding carboxylic acids is 1. The molecule has 0 saturated carbocycles. The lowest BCUT2D eigenvalue weighted by Gasteiger charge is -2.30. The molecule has 21 heavy (non-hydrogen) atoms. The molecule has 1 atom stereocenters. The van der Waals surface area contributed by atoms with Gasteiger partial charge in [-0.3, -0.25) is 0 Å². The van der Waals surface area contributed by atoms with E-state index in [9.17, 15) is 17.6 Å². The molecule has 1 aliphatic rings. The van der Waals surface area contributed by atoms with Crippen LogP contribution < -0.4 is 0 Å². The molecule has 0 aromatic heterocycles. The van der Waals surface area contributed by atoms with Crippen LogP contribution in [-0.2, 0) is 24.3 Å². The Balaban J connectivity index is 2.26. The molecule has 1 aromatic rings. The molecule has 1 aromatic carbocycles. The van der Waals surface area contributed by atoms with Crippen molar-refractivity contribution in [1.29, 1.82) is 0 Å². The summed E-state index contributed by atoms with van der Waals surface area (Å²) in [4.78, 5) is 11.3. The fourth-order valence-corrected chi connectivity index (χ4v) is 3.59. The first-order valence-corrected chi connectivity index (χ1v) is 8.24. The summed E-state index contributed by atoms with van der Waals surface area (Å²) in [6.45, 7) is -0.00178. The normalized spacial score (nSPS) is 20.2. The Labute approximate surface area is 130 Å². The van der Waals surface area contributed by atoms with E-state index >= 15 is 0 Å². The smallest absolute Gasteiger partial charge is 0.336 e. The van der Waals surface area contributed by atoms with Crippen molar-refractivity contribution in [2.24, 2.45) is 0 Å². The van der Waals surface area contributed by atoms with Crippen LogP contribution in [0.5, 0.6) is 0 Å². The molecule has 0 radical (unpaired) electrons. The largest absolute Gasteiger partial charge is 0.467 e. The van der Waals surface area contributed by atoms with Crippen LogP contribution in [-0.4, -0.2) is 51.6 Å². The molecule has 1 unspecified atom stereocenters. The van der Waals surface area contributed by atoms with E-state index in [4.69, 9.17) is 4.74 Å². The molecule has 0 N–H and O–H groups in total. The average Bonchev–Trinajstić information content (AvgIpc) is 2.49. The van der Waals surface area contributed by atoms with Gasteiger partial charge in [0.1, 0.15) is 5.82 Å². The monoisotopic (exact) mass is 381 g/mol. The van der Waals surface area contributed by atoms with Crippen LogP contribution >= 0.6 is 15.9 Å². The average molecular weight is 382 g/mol. The summed E-state index contributed by atoms with van der Waals surface area (Å²) in [5, 5.41) is 0. The number of benzene rings is 1. The highest BCUT2D eigenvalue weighted by Gasteiger charge is 2.34. The van der Waals surface area contributed by atoms with Crippen LogP contribution in [0.3, 0.4) is 0 Å². The molecule has 0 aliphatic carbocycles. The maximum atomic E-state index is 13.5. The lowest BCUT2D eigenvalue weighted by Crippen LogP contribution is -2.48. The van der Waals surface area contributed by atoms with Gasteiger partial charge in [-0.2, -0.15) is 4.31 Å². The molecule has 0 spiro atoms. The van der Waals surface area contributed by atoms with Crippen LogP contribution in [0, 0.1) is 5.82 Å².